The van der Waals surface area contributed by atoms with Crippen molar-refractivity contribution in [2.75, 3.05) is 18.4 Å². The van der Waals surface area contributed by atoms with E-state index in [2.05, 4.69) is 10.3 Å². The molecule has 3 heterocycles. The van der Waals surface area contributed by atoms with Crippen molar-refractivity contribution in [2.45, 2.75) is 30.4 Å². The highest BCUT2D eigenvalue weighted by Gasteiger charge is 2.29. The monoisotopic (exact) mass is 535 g/mol. The van der Waals surface area contributed by atoms with Gasteiger partial charge in [-0.25, -0.2) is 22.2 Å². The van der Waals surface area contributed by atoms with Crippen molar-refractivity contribution in [1.29, 1.82) is 0 Å². The molecule has 5 rings (SSSR count). The molecule has 2 aromatic carbocycles. The van der Waals surface area contributed by atoms with Gasteiger partial charge in [0, 0.05) is 25.3 Å². The normalized spacial score (nSPS) is 14.4. The zero-order chi connectivity index (χ0) is 26.7. The van der Waals surface area contributed by atoms with Gasteiger partial charge in [-0.2, -0.15) is 0 Å². The van der Waals surface area contributed by atoms with Crippen molar-refractivity contribution in [3.05, 3.63) is 94.8 Å². The summed E-state index contributed by atoms with van der Waals surface area (Å²) in [5.74, 6) is 0. The molecule has 11 nitrogen and oxygen atoms in total. The molecule has 1 saturated heterocycles. The summed E-state index contributed by atoms with van der Waals surface area (Å²) in [6, 6.07) is 18.6. The molecule has 1 aliphatic heterocycles. The van der Waals surface area contributed by atoms with E-state index < -0.39 is 21.0 Å². The molecule has 0 spiro atoms. The molecule has 1 amide bonds. The van der Waals surface area contributed by atoms with E-state index in [9.17, 15) is 23.3 Å². The molecule has 0 atom stereocenters. The highest BCUT2D eigenvalue weighted by Crippen LogP contribution is 2.35. The minimum atomic E-state index is -3.95. The first-order chi connectivity index (χ1) is 18.3. The van der Waals surface area contributed by atoms with E-state index in [1.54, 1.807) is 23.1 Å². The lowest BCUT2D eigenvalue weighted by Gasteiger charge is -2.32. The molecule has 1 fully saturated rings. The summed E-state index contributed by atoms with van der Waals surface area (Å²) in [5, 5.41) is 15.3. The number of hydrogen-bond acceptors (Lipinski definition) is 8. The molecule has 196 valence electrons. The molecular weight excluding hydrogens is 510 g/mol. The zero-order valence-corrected chi connectivity index (χ0v) is 21.1. The van der Waals surface area contributed by atoms with E-state index in [1.807, 2.05) is 30.3 Å². The minimum absolute atomic E-state index is 0.0821. The number of carbonyl (C=O) groups excluding carboxylic acids is 1. The van der Waals surface area contributed by atoms with Gasteiger partial charge >= 0.3 is 11.8 Å². The number of likely N-dealkylation sites (tertiary alicyclic amines) is 1. The molecule has 0 aliphatic carbocycles. The van der Waals surface area contributed by atoms with Crippen molar-refractivity contribution in [3.8, 4) is 0 Å². The number of aromatic nitrogens is 2. The second-order valence-corrected chi connectivity index (χ2v) is 10.7. The van der Waals surface area contributed by atoms with E-state index in [0.717, 1.165) is 15.7 Å². The molecule has 12 heteroatoms. The van der Waals surface area contributed by atoms with Crippen LogP contribution in [0.3, 0.4) is 0 Å². The fraction of sp³-hybridized carbons (Fsp3) is 0.231. The van der Waals surface area contributed by atoms with Crippen LogP contribution in [-0.2, 0) is 21.4 Å². The highest BCUT2D eigenvalue weighted by atomic mass is 32.2. The number of nitrogens with zero attached hydrogens (tertiary/aromatic N) is 4. The Labute approximate surface area is 218 Å². The number of pyridine rings is 1. The van der Waals surface area contributed by atoms with Crippen molar-refractivity contribution in [1.82, 2.24) is 13.9 Å². The van der Waals surface area contributed by atoms with E-state index in [0.29, 0.717) is 31.3 Å². The second-order valence-electron chi connectivity index (χ2n) is 8.89. The smallest absolute Gasteiger partial charge is 0.410 e. The number of fused-ring (bicyclic) bond motifs is 1. The lowest BCUT2D eigenvalue weighted by molar-refractivity contribution is -0.384. The molecule has 2 aromatic heterocycles. The summed E-state index contributed by atoms with van der Waals surface area (Å²) in [6.07, 6.45) is 3.07. The number of rotatable bonds is 7. The number of carbonyl (C=O) groups is 1. The molecule has 0 radical (unpaired) electrons. The van der Waals surface area contributed by atoms with Crippen LogP contribution in [-0.4, -0.2) is 52.4 Å². The minimum Gasteiger partial charge on any atom is -0.445 e. The van der Waals surface area contributed by atoms with Gasteiger partial charge in [0.1, 0.15) is 18.5 Å². The molecule has 0 saturated carbocycles. The number of ether oxygens (including phenoxy) is 1. The topological polar surface area (TPSA) is 137 Å². The lowest BCUT2D eigenvalue weighted by atomic mass is 10.0. The first kappa shape index (κ1) is 25.2. The quantitative estimate of drug-likeness (QED) is 0.272. The van der Waals surface area contributed by atoms with Gasteiger partial charge in [0.05, 0.1) is 15.2 Å². The maximum absolute atomic E-state index is 13.2. The summed E-state index contributed by atoms with van der Waals surface area (Å²) in [7, 11) is -3.95. The molecule has 38 heavy (non-hydrogen) atoms. The number of benzene rings is 2. The van der Waals surface area contributed by atoms with Crippen molar-refractivity contribution >= 4 is 38.5 Å². The summed E-state index contributed by atoms with van der Waals surface area (Å²) in [6.45, 7) is 1.01. The molecule has 4 aromatic rings. The van der Waals surface area contributed by atoms with Crippen molar-refractivity contribution in [3.63, 3.8) is 0 Å². The summed E-state index contributed by atoms with van der Waals surface area (Å²) >= 11 is 0. The van der Waals surface area contributed by atoms with E-state index in [1.165, 1.54) is 24.4 Å². The Bertz CT molecular complexity index is 1570. The molecule has 1 N–H and O–H groups in total. The number of hydrogen-bond donors (Lipinski definition) is 1. The Morgan fingerprint density at radius 3 is 2.37 bits per heavy atom. The van der Waals surface area contributed by atoms with E-state index in [-0.39, 0.29) is 34.6 Å². The first-order valence-electron chi connectivity index (χ1n) is 12.0. The van der Waals surface area contributed by atoms with Crippen LogP contribution in [0.2, 0.25) is 0 Å². The number of amides is 1. The standard InChI is InChI=1S/C26H25N5O6S/c32-26(37-18-19-7-3-1-4-8-19)29-14-11-20(12-15-29)28-24-22-13-16-30(25(22)27-17-23(24)31(33)34)38(35,36)21-9-5-2-6-10-21/h1-10,13,16-17,20H,11-12,14-15,18H2,(H,27,28). The van der Waals surface area contributed by atoms with Gasteiger partial charge in [0.25, 0.3) is 10.0 Å². The van der Waals surface area contributed by atoms with Crippen LogP contribution >= 0.6 is 0 Å². The maximum atomic E-state index is 13.2. The van der Waals surface area contributed by atoms with Gasteiger partial charge in [-0.15, -0.1) is 0 Å². The third-order valence-corrected chi connectivity index (χ3v) is 8.14. The highest BCUT2D eigenvalue weighted by molar-refractivity contribution is 7.90. The SMILES string of the molecule is O=C(OCc1ccccc1)N1CCC(Nc2c([N+](=O)[O-])cnc3c2ccn3S(=O)(=O)c2ccccc2)CC1. The van der Waals surface area contributed by atoms with Gasteiger partial charge in [-0.3, -0.25) is 10.1 Å². The molecule has 0 unspecified atom stereocenters. The lowest BCUT2D eigenvalue weighted by Crippen LogP contribution is -2.42. The van der Waals surface area contributed by atoms with Crippen LogP contribution in [0.15, 0.2) is 84.0 Å². The Balaban J connectivity index is 1.33. The molecular formula is C26H25N5O6S. The van der Waals surface area contributed by atoms with Crippen LogP contribution in [0.25, 0.3) is 11.0 Å². The van der Waals surface area contributed by atoms with Gasteiger partial charge < -0.3 is 15.0 Å². The van der Waals surface area contributed by atoms with E-state index in [4.69, 9.17) is 4.74 Å². The van der Waals surface area contributed by atoms with Crippen molar-refractivity contribution < 1.29 is 22.9 Å². The van der Waals surface area contributed by atoms with Gasteiger partial charge in [-0.05, 0) is 36.6 Å². The summed E-state index contributed by atoms with van der Waals surface area (Å²) in [4.78, 5) is 29.6. The van der Waals surface area contributed by atoms with Crippen LogP contribution in [0.5, 0.6) is 0 Å². The molecule has 1 aliphatic rings. The Morgan fingerprint density at radius 2 is 1.71 bits per heavy atom. The summed E-state index contributed by atoms with van der Waals surface area (Å²) < 4.78 is 32.8. The molecule has 0 bridgehead atoms. The van der Waals surface area contributed by atoms with E-state index >= 15 is 0 Å². The third-order valence-electron chi connectivity index (χ3n) is 6.46. The fourth-order valence-electron chi connectivity index (χ4n) is 4.46. The van der Waals surface area contributed by atoms with Crippen LogP contribution in [0.4, 0.5) is 16.2 Å². The zero-order valence-electron chi connectivity index (χ0n) is 20.3. The predicted octanol–water partition coefficient (Wildman–Crippen LogP) is 4.39. The van der Waals surface area contributed by atoms with Gasteiger partial charge in [0.2, 0.25) is 0 Å². The number of nitrogens with one attached hydrogen (secondary N) is 1. The summed E-state index contributed by atoms with van der Waals surface area (Å²) in [5.41, 5.74) is 0.931. The second kappa shape index (κ2) is 10.5. The fourth-order valence-corrected chi connectivity index (χ4v) is 5.79. The Kier molecular flexibility index (Phi) is 6.97. The van der Waals surface area contributed by atoms with Crippen LogP contribution in [0, 0.1) is 10.1 Å². The maximum Gasteiger partial charge on any atom is 0.410 e. The average Bonchev–Trinajstić information content (AvgIpc) is 3.39. The Morgan fingerprint density at radius 1 is 1.05 bits per heavy atom. The largest absolute Gasteiger partial charge is 0.445 e. The Hall–Kier alpha value is -4.45. The van der Waals surface area contributed by atoms with Gasteiger partial charge in [-0.1, -0.05) is 48.5 Å². The third kappa shape index (κ3) is 5.02. The predicted molar refractivity (Wildman–Crippen MR) is 140 cm³/mol. The number of anilines is 1. The van der Waals surface area contributed by atoms with Crippen LogP contribution in [0.1, 0.15) is 18.4 Å². The average molecular weight is 536 g/mol. The van der Waals surface area contributed by atoms with Crippen LogP contribution < -0.4 is 5.32 Å². The number of nitro groups is 1. The van der Waals surface area contributed by atoms with Gasteiger partial charge in [0.15, 0.2) is 5.65 Å². The first-order valence-corrected chi connectivity index (χ1v) is 13.5. The number of piperidine rings is 1. The van der Waals surface area contributed by atoms with Crippen molar-refractivity contribution in [2.24, 2.45) is 0 Å².